The number of amides is 2. The van der Waals surface area contributed by atoms with Gasteiger partial charge in [-0.05, 0) is 22.0 Å². The molecule has 0 bridgehead atoms. The Hall–Kier alpha value is -1.30. The van der Waals surface area contributed by atoms with Crippen molar-refractivity contribution in [2.45, 2.75) is 6.42 Å². The number of nitrogens with one attached hydrogen (secondary N) is 2. The predicted octanol–water partition coefficient (Wildman–Crippen LogP) is 0.653. The molecule has 1 heterocycles. The van der Waals surface area contributed by atoms with E-state index in [4.69, 9.17) is 0 Å². The molecule has 0 radical (unpaired) electrons. The van der Waals surface area contributed by atoms with Gasteiger partial charge in [-0.2, -0.15) is 0 Å². The van der Waals surface area contributed by atoms with Crippen LogP contribution in [-0.2, 0) is 11.8 Å². The van der Waals surface area contributed by atoms with Crippen LogP contribution in [0.15, 0.2) is 16.7 Å². The van der Waals surface area contributed by atoms with Crippen LogP contribution in [0.5, 0.6) is 0 Å². The summed E-state index contributed by atoms with van der Waals surface area (Å²) in [7, 11) is 3.36. The molecule has 0 aliphatic carbocycles. The van der Waals surface area contributed by atoms with Crippen molar-refractivity contribution in [2.24, 2.45) is 7.05 Å². The molecule has 1 aromatic heterocycles. The predicted molar refractivity (Wildman–Crippen MR) is 64.1 cm³/mol. The summed E-state index contributed by atoms with van der Waals surface area (Å²) in [5.74, 6) is -0.273. The van der Waals surface area contributed by atoms with E-state index >= 15 is 0 Å². The highest BCUT2D eigenvalue weighted by molar-refractivity contribution is 9.10. The monoisotopic (exact) mass is 287 g/mol. The Balaban J connectivity index is 2.47. The first-order valence-corrected chi connectivity index (χ1v) is 5.64. The van der Waals surface area contributed by atoms with Crippen molar-refractivity contribution in [3.8, 4) is 0 Å². The van der Waals surface area contributed by atoms with Gasteiger partial charge in [0.25, 0.3) is 5.91 Å². The zero-order chi connectivity index (χ0) is 12.1. The summed E-state index contributed by atoms with van der Waals surface area (Å²) in [5, 5.41) is 5.17. The van der Waals surface area contributed by atoms with E-state index in [2.05, 4.69) is 26.6 Å². The fourth-order valence-corrected chi connectivity index (χ4v) is 1.78. The molecule has 0 saturated carbocycles. The van der Waals surface area contributed by atoms with E-state index in [9.17, 15) is 9.59 Å². The first kappa shape index (κ1) is 12.8. The van der Waals surface area contributed by atoms with E-state index in [1.807, 2.05) is 0 Å². The number of hydrogen-bond acceptors (Lipinski definition) is 2. The summed E-state index contributed by atoms with van der Waals surface area (Å²) in [6, 6.07) is 1.73. The molecule has 16 heavy (non-hydrogen) atoms. The SMILES string of the molecule is CNC(=O)CCNC(=O)c1cc(Br)cn1C. The highest BCUT2D eigenvalue weighted by Gasteiger charge is 2.10. The molecule has 88 valence electrons. The number of halogens is 1. The minimum Gasteiger partial charge on any atom is -0.359 e. The number of aryl methyl sites for hydroxylation is 1. The maximum Gasteiger partial charge on any atom is 0.267 e. The number of hydrogen-bond donors (Lipinski definition) is 2. The van der Waals surface area contributed by atoms with Gasteiger partial charge in [-0.15, -0.1) is 0 Å². The molecule has 0 atom stereocenters. The van der Waals surface area contributed by atoms with Gasteiger partial charge in [0, 0.05) is 37.7 Å². The largest absolute Gasteiger partial charge is 0.359 e. The van der Waals surface area contributed by atoms with E-state index in [1.165, 1.54) is 0 Å². The van der Waals surface area contributed by atoms with Crippen LogP contribution in [0.2, 0.25) is 0 Å². The maximum atomic E-state index is 11.7. The van der Waals surface area contributed by atoms with Crippen molar-refractivity contribution < 1.29 is 9.59 Å². The second-order valence-corrected chi connectivity index (χ2v) is 4.25. The Kier molecular flexibility index (Phi) is 4.54. The number of rotatable bonds is 4. The number of carbonyl (C=O) groups excluding carboxylic acids is 2. The summed E-state index contributed by atoms with van der Waals surface area (Å²) >= 11 is 3.29. The number of carbonyl (C=O) groups is 2. The van der Waals surface area contributed by atoms with Gasteiger partial charge >= 0.3 is 0 Å². The Morgan fingerprint density at radius 3 is 2.69 bits per heavy atom. The smallest absolute Gasteiger partial charge is 0.267 e. The van der Waals surface area contributed by atoms with Crippen molar-refractivity contribution in [2.75, 3.05) is 13.6 Å². The van der Waals surface area contributed by atoms with Crippen LogP contribution in [0.3, 0.4) is 0 Å². The van der Waals surface area contributed by atoms with Crippen molar-refractivity contribution >= 4 is 27.7 Å². The Labute approximate surface area is 102 Å². The molecule has 5 nitrogen and oxygen atoms in total. The van der Waals surface area contributed by atoms with Crippen molar-refractivity contribution in [1.82, 2.24) is 15.2 Å². The maximum absolute atomic E-state index is 11.7. The molecular weight excluding hydrogens is 274 g/mol. The van der Waals surface area contributed by atoms with Gasteiger partial charge in [0.2, 0.25) is 5.91 Å². The van der Waals surface area contributed by atoms with E-state index < -0.39 is 0 Å². The average Bonchev–Trinajstić information content (AvgIpc) is 2.57. The summed E-state index contributed by atoms with van der Waals surface area (Å²) in [6.45, 7) is 0.335. The topological polar surface area (TPSA) is 63.1 Å². The lowest BCUT2D eigenvalue weighted by molar-refractivity contribution is -0.120. The first-order valence-electron chi connectivity index (χ1n) is 4.85. The minimum atomic E-state index is -0.183. The van der Waals surface area contributed by atoms with E-state index in [1.54, 1.807) is 30.9 Å². The molecule has 1 aromatic rings. The molecule has 0 aliphatic rings. The third kappa shape index (κ3) is 3.37. The fourth-order valence-electron chi connectivity index (χ4n) is 1.26. The highest BCUT2D eigenvalue weighted by Crippen LogP contribution is 2.13. The molecule has 0 spiro atoms. The Morgan fingerprint density at radius 2 is 2.19 bits per heavy atom. The number of aromatic nitrogens is 1. The number of nitrogens with zero attached hydrogens (tertiary/aromatic N) is 1. The van der Waals surface area contributed by atoms with Gasteiger partial charge in [-0.3, -0.25) is 9.59 Å². The second kappa shape index (κ2) is 5.69. The van der Waals surface area contributed by atoms with Crippen LogP contribution in [0, 0.1) is 0 Å². The zero-order valence-corrected chi connectivity index (χ0v) is 10.8. The molecule has 0 saturated heterocycles. The van der Waals surface area contributed by atoms with E-state index in [0.29, 0.717) is 12.2 Å². The Morgan fingerprint density at radius 1 is 1.50 bits per heavy atom. The van der Waals surface area contributed by atoms with E-state index in [0.717, 1.165) is 4.47 Å². The normalized spacial score (nSPS) is 9.94. The van der Waals surface area contributed by atoms with Crippen LogP contribution in [0.4, 0.5) is 0 Å². The lowest BCUT2D eigenvalue weighted by atomic mass is 10.3. The summed E-state index contributed by atoms with van der Waals surface area (Å²) in [5.41, 5.74) is 0.559. The third-order valence-corrected chi connectivity index (χ3v) is 2.55. The molecule has 0 aromatic carbocycles. The first-order chi connectivity index (χ1) is 7.54. The second-order valence-electron chi connectivity index (χ2n) is 3.33. The molecule has 2 N–H and O–H groups in total. The molecule has 0 fully saturated rings. The highest BCUT2D eigenvalue weighted by atomic mass is 79.9. The summed E-state index contributed by atoms with van der Waals surface area (Å²) in [4.78, 5) is 22.6. The lowest BCUT2D eigenvalue weighted by Crippen LogP contribution is -2.30. The van der Waals surface area contributed by atoms with Gasteiger partial charge in [-0.1, -0.05) is 0 Å². The van der Waals surface area contributed by atoms with Crippen LogP contribution >= 0.6 is 15.9 Å². The van der Waals surface area contributed by atoms with Crippen molar-refractivity contribution in [3.63, 3.8) is 0 Å². The van der Waals surface area contributed by atoms with Gasteiger partial charge in [0.15, 0.2) is 0 Å². The minimum absolute atomic E-state index is 0.0895. The molecule has 1 rings (SSSR count). The van der Waals surface area contributed by atoms with E-state index in [-0.39, 0.29) is 18.2 Å². The summed E-state index contributed by atoms with van der Waals surface area (Å²) in [6.07, 6.45) is 2.08. The Bertz CT molecular complexity index is 401. The van der Waals surface area contributed by atoms with Gasteiger partial charge in [-0.25, -0.2) is 0 Å². The lowest BCUT2D eigenvalue weighted by Gasteiger charge is -2.05. The van der Waals surface area contributed by atoms with Crippen molar-refractivity contribution in [1.29, 1.82) is 0 Å². The van der Waals surface area contributed by atoms with Crippen LogP contribution in [-0.4, -0.2) is 30.0 Å². The standard InChI is InChI=1S/C10H14BrN3O2/c1-12-9(15)3-4-13-10(16)8-5-7(11)6-14(8)2/h5-6H,3-4H2,1-2H3,(H,12,15)(H,13,16). The molecular formula is C10H14BrN3O2. The molecule has 2 amide bonds. The zero-order valence-electron chi connectivity index (χ0n) is 9.21. The quantitative estimate of drug-likeness (QED) is 0.854. The van der Waals surface area contributed by atoms with Gasteiger partial charge in [0.1, 0.15) is 5.69 Å². The average molecular weight is 288 g/mol. The van der Waals surface area contributed by atoms with Crippen LogP contribution in [0.25, 0.3) is 0 Å². The molecule has 6 heteroatoms. The molecule has 0 aliphatic heterocycles. The van der Waals surface area contributed by atoms with Gasteiger partial charge in [0.05, 0.1) is 0 Å². The van der Waals surface area contributed by atoms with Crippen LogP contribution in [0.1, 0.15) is 16.9 Å². The van der Waals surface area contributed by atoms with Crippen molar-refractivity contribution in [3.05, 3.63) is 22.4 Å². The summed E-state index contributed by atoms with van der Waals surface area (Å²) < 4.78 is 2.57. The van der Waals surface area contributed by atoms with Crippen LogP contribution < -0.4 is 10.6 Å². The van der Waals surface area contributed by atoms with Gasteiger partial charge < -0.3 is 15.2 Å². The molecule has 0 unspecified atom stereocenters. The third-order valence-electron chi connectivity index (χ3n) is 2.12. The fraction of sp³-hybridized carbons (Fsp3) is 0.400.